The molecule has 1 rings (SSSR count). The fourth-order valence-corrected chi connectivity index (χ4v) is 5.07. The first-order valence-corrected chi connectivity index (χ1v) is 16.6. The second-order valence-electron chi connectivity index (χ2n) is 11.8. The van der Waals surface area contributed by atoms with E-state index >= 15 is 0 Å². The fraction of sp³-hybridized carbons (Fsp3) is 0.730. The van der Waals surface area contributed by atoms with E-state index in [0.717, 1.165) is 24.8 Å². The van der Waals surface area contributed by atoms with Crippen LogP contribution in [-0.2, 0) is 6.42 Å². The molecule has 0 amide bonds. The van der Waals surface area contributed by atoms with Crippen LogP contribution in [0.15, 0.2) is 12.1 Å². The molecular formula is C37H60O3. The van der Waals surface area contributed by atoms with Gasteiger partial charge in [0.2, 0.25) is 0 Å². The molecule has 0 heterocycles. The first kappa shape index (κ1) is 35.9. The first-order chi connectivity index (χ1) is 19.5. The van der Waals surface area contributed by atoms with Gasteiger partial charge in [-0.25, -0.2) is 0 Å². The minimum atomic E-state index is -1.26. The van der Waals surface area contributed by atoms with Crippen molar-refractivity contribution in [2.75, 3.05) is 13.2 Å². The molecule has 1 aromatic rings. The van der Waals surface area contributed by atoms with Gasteiger partial charge in [0.05, 0.1) is 18.8 Å². The monoisotopic (exact) mass is 552 g/mol. The standard InChI is InChI=1S/C37H60O3/c1-6-10-12-14-16-18-20-22-24-26-28-39-35-31-34(32-37(5,38)9-4)36(30-33(35)8-3)40-29-27-25-23-21-19-17-15-13-11-7-2/h3-4,30-31,38H,6-7,10-29,32H2,1-2,5H3. The highest BCUT2D eigenvalue weighted by Crippen LogP contribution is 2.32. The van der Waals surface area contributed by atoms with Crippen molar-refractivity contribution >= 4 is 0 Å². The molecule has 0 aliphatic carbocycles. The Morgan fingerprint density at radius 1 is 0.625 bits per heavy atom. The van der Waals surface area contributed by atoms with Crippen LogP contribution in [-0.4, -0.2) is 23.9 Å². The van der Waals surface area contributed by atoms with Gasteiger partial charge in [0, 0.05) is 12.0 Å². The predicted molar refractivity (Wildman–Crippen MR) is 172 cm³/mol. The molecule has 1 N–H and O–H groups in total. The van der Waals surface area contributed by atoms with Crippen molar-refractivity contribution in [1.82, 2.24) is 0 Å². The third-order valence-corrected chi connectivity index (χ3v) is 7.67. The second kappa shape index (κ2) is 23.6. The van der Waals surface area contributed by atoms with E-state index in [4.69, 9.17) is 22.3 Å². The van der Waals surface area contributed by atoms with Gasteiger partial charge in [-0.3, -0.25) is 0 Å². The zero-order valence-electron chi connectivity index (χ0n) is 26.3. The van der Waals surface area contributed by atoms with Crippen LogP contribution < -0.4 is 9.47 Å². The predicted octanol–water partition coefficient (Wildman–Crippen LogP) is 10.2. The van der Waals surface area contributed by atoms with E-state index in [1.54, 1.807) is 6.92 Å². The average Bonchev–Trinajstić information content (AvgIpc) is 2.95. The van der Waals surface area contributed by atoms with E-state index in [1.165, 1.54) is 109 Å². The third-order valence-electron chi connectivity index (χ3n) is 7.67. The Bertz CT molecular complexity index is 842. The lowest BCUT2D eigenvalue weighted by atomic mass is 9.95. The van der Waals surface area contributed by atoms with Gasteiger partial charge in [-0.15, -0.1) is 12.8 Å². The number of terminal acetylenes is 2. The van der Waals surface area contributed by atoms with E-state index in [-0.39, 0.29) is 6.42 Å². The molecule has 0 aliphatic heterocycles. The molecular weight excluding hydrogens is 492 g/mol. The first-order valence-electron chi connectivity index (χ1n) is 16.6. The van der Waals surface area contributed by atoms with Crippen LogP contribution in [0.25, 0.3) is 0 Å². The second-order valence-corrected chi connectivity index (χ2v) is 11.8. The molecule has 226 valence electrons. The minimum Gasteiger partial charge on any atom is -0.493 e. The topological polar surface area (TPSA) is 38.7 Å². The summed E-state index contributed by atoms with van der Waals surface area (Å²) in [4.78, 5) is 0. The summed E-state index contributed by atoms with van der Waals surface area (Å²) in [5.74, 6) is 6.62. The Hall–Kier alpha value is -2.10. The molecule has 0 radical (unpaired) electrons. The third kappa shape index (κ3) is 17.6. The van der Waals surface area contributed by atoms with Gasteiger partial charge in [0.25, 0.3) is 0 Å². The molecule has 0 aliphatic rings. The lowest BCUT2D eigenvalue weighted by Crippen LogP contribution is -2.25. The largest absolute Gasteiger partial charge is 0.493 e. The summed E-state index contributed by atoms with van der Waals surface area (Å²) in [6, 6.07) is 3.80. The number of unbranched alkanes of at least 4 members (excludes halogenated alkanes) is 18. The Kier molecular flexibility index (Phi) is 21.2. The van der Waals surface area contributed by atoms with Gasteiger partial charge in [-0.05, 0) is 31.9 Å². The lowest BCUT2D eigenvalue weighted by molar-refractivity contribution is 0.121. The minimum absolute atomic E-state index is 0.288. The summed E-state index contributed by atoms with van der Waals surface area (Å²) in [7, 11) is 0. The fourth-order valence-electron chi connectivity index (χ4n) is 5.07. The Balaban J connectivity index is 2.51. The van der Waals surface area contributed by atoms with Gasteiger partial charge >= 0.3 is 0 Å². The Morgan fingerprint density at radius 3 is 1.43 bits per heavy atom. The number of hydrogen-bond acceptors (Lipinski definition) is 3. The average molecular weight is 553 g/mol. The van der Waals surface area contributed by atoms with Crippen LogP contribution in [0.5, 0.6) is 11.5 Å². The molecule has 3 nitrogen and oxygen atoms in total. The molecule has 1 aromatic carbocycles. The van der Waals surface area contributed by atoms with Crippen molar-refractivity contribution in [2.24, 2.45) is 0 Å². The maximum atomic E-state index is 10.6. The summed E-state index contributed by atoms with van der Waals surface area (Å²) in [5.41, 5.74) is 0.266. The summed E-state index contributed by atoms with van der Waals surface area (Å²) in [6.45, 7) is 7.44. The Morgan fingerprint density at radius 2 is 1.02 bits per heavy atom. The molecule has 40 heavy (non-hydrogen) atoms. The summed E-state index contributed by atoms with van der Waals surface area (Å²) >= 11 is 0. The molecule has 0 spiro atoms. The van der Waals surface area contributed by atoms with Crippen molar-refractivity contribution < 1.29 is 14.6 Å². The van der Waals surface area contributed by atoms with Crippen LogP contribution in [0.4, 0.5) is 0 Å². The number of ether oxygens (including phenoxy) is 2. The molecule has 1 atom stereocenters. The van der Waals surface area contributed by atoms with Gasteiger partial charge < -0.3 is 14.6 Å². The maximum Gasteiger partial charge on any atom is 0.135 e. The zero-order valence-corrected chi connectivity index (χ0v) is 26.3. The highest BCUT2D eigenvalue weighted by atomic mass is 16.5. The molecule has 0 bridgehead atoms. The van der Waals surface area contributed by atoms with E-state index in [0.29, 0.717) is 30.3 Å². The van der Waals surface area contributed by atoms with Crippen LogP contribution in [0.2, 0.25) is 0 Å². The molecule has 0 saturated carbocycles. The summed E-state index contributed by atoms with van der Waals surface area (Å²) in [5, 5.41) is 10.6. The molecule has 0 fully saturated rings. The number of aliphatic hydroxyl groups is 1. The van der Waals surface area contributed by atoms with Gasteiger partial charge in [-0.1, -0.05) is 141 Å². The van der Waals surface area contributed by atoms with Crippen LogP contribution in [0.1, 0.15) is 160 Å². The molecule has 1 unspecified atom stereocenters. The van der Waals surface area contributed by atoms with E-state index < -0.39 is 5.60 Å². The normalized spacial score (nSPS) is 12.4. The lowest BCUT2D eigenvalue weighted by Gasteiger charge is -2.21. The quantitative estimate of drug-likeness (QED) is 0.0917. The maximum absolute atomic E-state index is 10.6. The SMILES string of the molecule is C#Cc1cc(OCCCCCCCCCCCC)c(CC(C)(O)C#C)cc1OCCCCCCCCCCCC. The van der Waals surface area contributed by atoms with Gasteiger partial charge in [0.1, 0.15) is 17.1 Å². The summed E-state index contributed by atoms with van der Waals surface area (Å²) < 4.78 is 12.3. The van der Waals surface area contributed by atoms with Gasteiger partial charge in [-0.2, -0.15) is 0 Å². The number of rotatable bonds is 26. The van der Waals surface area contributed by atoms with E-state index in [1.807, 2.05) is 12.1 Å². The molecule has 0 saturated heterocycles. The number of benzene rings is 1. The summed E-state index contributed by atoms with van der Waals surface area (Å²) in [6.07, 6.45) is 37.4. The smallest absolute Gasteiger partial charge is 0.135 e. The van der Waals surface area contributed by atoms with Gasteiger partial charge in [0.15, 0.2) is 0 Å². The van der Waals surface area contributed by atoms with Crippen molar-refractivity contribution in [3.05, 3.63) is 23.3 Å². The highest BCUT2D eigenvalue weighted by molar-refractivity contribution is 5.53. The number of hydrogen-bond donors (Lipinski definition) is 1. The van der Waals surface area contributed by atoms with E-state index in [9.17, 15) is 5.11 Å². The van der Waals surface area contributed by atoms with Crippen molar-refractivity contribution in [3.63, 3.8) is 0 Å². The van der Waals surface area contributed by atoms with Crippen LogP contribution in [0, 0.1) is 24.7 Å². The van der Waals surface area contributed by atoms with Crippen LogP contribution in [0.3, 0.4) is 0 Å². The van der Waals surface area contributed by atoms with Crippen LogP contribution >= 0.6 is 0 Å². The van der Waals surface area contributed by atoms with Crippen molar-refractivity contribution in [2.45, 2.75) is 161 Å². The highest BCUT2D eigenvalue weighted by Gasteiger charge is 2.22. The van der Waals surface area contributed by atoms with Crippen molar-refractivity contribution in [3.8, 4) is 36.2 Å². The molecule has 0 aromatic heterocycles. The van der Waals surface area contributed by atoms with E-state index in [2.05, 4.69) is 25.7 Å². The molecule has 3 heteroatoms. The zero-order chi connectivity index (χ0) is 29.3. The Labute approximate surface area is 248 Å². The van der Waals surface area contributed by atoms with Crippen molar-refractivity contribution in [1.29, 1.82) is 0 Å².